The lowest BCUT2D eigenvalue weighted by molar-refractivity contribution is 0.0691. The average molecular weight is 364 g/mol. The Labute approximate surface area is 146 Å². The van der Waals surface area contributed by atoms with Crippen molar-refractivity contribution < 1.29 is 22.5 Å². The van der Waals surface area contributed by atoms with Gasteiger partial charge in [0, 0.05) is 11.5 Å². The molecule has 0 saturated heterocycles. The van der Waals surface area contributed by atoms with Crippen molar-refractivity contribution in [2.75, 3.05) is 6.26 Å². The first kappa shape index (κ1) is 17.6. The van der Waals surface area contributed by atoms with Crippen molar-refractivity contribution >= 4 is 16.1 Å². The number of aromatic carboxylic acids is 1. The van der Waals surface area contributed by atoms with E-state index in [1.165, 1.54) is 0 Å². The van der Waals surface area contributed by atoms with Gasteiger partial charge in [-0.3, -0.25) is 4.18 Å². The number of aromatic amines is 1. The van der Waals surface area contributed by atoms with Gasteiger partial charge in [-0.15, -0.1) is 0 Å². The van der Waals surface area contributed by atoms with Crippen LogP contribution in [0.25, 0.3) is 11.3 Å². The molecule has 1 heterocycles. The summed E-state index contributed by atoms with van der Waals surface area (Å²) >= 11 is 0. The average Bonchev–Trinajstić information content (AvgIpc) is 3.00. The quantitative estimate of drug-likeness (QED) is 0.790. The minimum atomic E-state index is -3.59. The SMILES string of the molecule is CS(=O)(=O)O[C@H]1CCCC[C@H]1c1nc(C(=O)O)c(-c2ccccc2)[nH]1. The number of H-pyrrole nitrogens is 1. The second-order valence-corrected chi connectivity index (χ2v) is 7.85. The zero-order valence-electron chi connectivity index (χ0n) is 13.8. The smallest absolute Gasteiger partial charge is 0.356 e. The number of imidazole rings is 1. The number of benzene rings is 1. The van der Waals surface area contributed by atoms with Gasteiger partial charge in [-0.05, 0) is 12.8 Å². The minimum Gasteiger partial charge on any atom is -0.476 e. The van der Waals surface area contributed by atoms with E-state index in [0.29, 0.717) is 24.4 Å². The van der Waals surface area contributed by atoms with Crippen LogP contribution in [0.2, 0.25) is 0 Å². The highest BCUT2D eigenvalue weighted by Gasteiger charge is 2.33. The molecule has 3 rings (SSSR count). The fraction of sp³-hybridized carbons (Fsp3) is 0.412. The predicted molar refractivity (Wildman–Crippen MR) is 91.9 cm³/mol. The fourth-order valence-corrected chi connectivity index (χ4v) is 3.96. The summed E-state index contributed by atoms with van der Waals surface area (Å²) in [5, 5.41) is 9.48. The summed E-state index contributed by atoms with van der Waals surface area (Å²) in [6.45, 7) is 0. The Balaban J connectivity index is 2.00. The molecule has 1 aliphatic rings. The summed E-state index contributed by atoms with van der Waals surface area (Å²) in [7, 11) is -3.59. The second-order valence-electron chi connectivity index (χ2n) is 6.25. The molecule has 1 aliphatic carbocycles. The number of nitrogens with zero attached hydrogens (tertiary/aromatic N) is 1. The number of hydrogen-bond donors (Lipinski definition) is 2. The van der Waals surface area contributed by atoms with Gasteiger partial charge in [-0.2, -0.15) is 8.42 Å². The van der Waals surface area contributed by atoms with Gasteiger partial charge >= 0.3 is 5.97 Å². The van der Waals surface area contributed by atoms with Gasteiger partial charge in [0.25, 0.3) is 10.1 Å². The summed E-state index contributed by atoms with van der Waals surface area (Å²) in [6, 6.07) is 9.08. The molecule has 7 nitrogen and oxygen atoms in total. The molecular weight excluding hydrogens is 344 g/mol. The number of hydrogen-bond acceptors (Lipinski definition) is 5. The van der Waals surface area contributed by atoms with E-state index in [4.69, 9.17) is 4.18 Å². The molecule has 2 aromatic rings. The maximum absolute atomic E-state index is 11.6. The van der Waals surface area contributed by atoms with Gasteiger partial charge in [-0.1, -0.05) is 43.2 Å². The van der Waals surface area contributed by atoms with Crippen LogP contribution < -0.4 is 0 Å². The first-order valence-corrected chi connectivity index (χ1v) is 9.93. The van der Waals surface area contributed by atoms with E-state index in [1.807, 2.05) is 18.2 Å². The number of aromatic nitrogens is 2. The molecule has 25 heavy (non-hydrogen) atoms. The van der Waals surface area contributed by atoms with E-state index in [0.717, 1.165) is 24.7 Å². The van der Waals surface area contributed by atoms with Gasteiger partial charge in [-0.25, -0.2) is 9.78 Å². The van der Waals surface area contributed by atoms with Crippen molar-refractivity contribution in [2.24, 2.45) is 0 Å². The van der Waals surface area contributed by atoms with E-state index in [9.17, 15) is 18.3 Å². The number of carbonyl (C=O) groups is 1. The number of carboxylic acids is 1. The van der Waals surface area contributed by atoms with E-state index in [1.54, 1.807) is 12.1 Å². The summed E-state index contributed by atoms with van der Waals surface area (Å²) in [6.07, 6.45) is 3.58. The molecule has 0 bridgehead atoms. The molecule has 0 amide bonds. The summed E-state index contributed by atoms with van der Waals surface area (Å²) in [5.41, 5.74) is 1.08. The lowest BCUT2D eigenvalue weighted by Gasteiger charge is -2.29. The van der Waals surface area contributed by atoms with Crippen molar-refractivity contribution in [1.29, 1.82) is 0 Å². The standard InChI is InChI=1S/C17H20N2O5S/c1-25(22,23)24-13-10-6-5-9-12(13)16-18-14(15(19-16)17(20)21)11-7-3-2-4-8-11/h2-4,7-8,12-13H,5-6,9-10H2,1H3,(H,18,19)(H,20,21)/t12-,13+/m1/s1. The zero-order valence-corrected chi connectivity index (χ0v) is 14.6. The zero-order chi connectivity index (χ0) is 18.0. The number of nitrogens with one attached hydrogen (secondary N) is 1. The Morgan fingerprint density at radius 3 is 2.56 bits per heavy atom. The van der Waals surface area contributed by atoms with Crippen molar-refractivity contribution in [2.45, 2.75) is 37.7 Å². The highest BCUT2D eigenvalue weighted by molar-refractivity contribution is 7.86. The third kappa shape index (κ3) is 4.08. The lowest BCUT2D eigenvalue weighted by atomic mass is 9.86. The predicted octanol–water partition coefficient (Wildman–Crippen LogP) is 2.78. The van der Waals surface area contributed by atoms with Crippen molar-refractivity contribution in [1.82, 2.24) is 9.97 Å². The molecule has 1 fully saturated rings. The highest BCUT2D eigenvalue weighted by atomic mass is 32.2. The molecule has 0 spiro atoms. The van der Waals surface area contributed by atoms with Gasteiger partial charge in [0.05, 0.1) is 18.1 Å². The third-order valence-electron chi connectivity index (χ3n) is 4.34. The molecule has 2 atom stereocenters. The Morgan fingerprint density at radius 2 is 1.92 bits per heavy atom. The van der Waals surface area contributed by atoms with Crippen molar-refractivity contribution in [3.8, 4) is 11.3 Å². The molecule has 1 saturated carbocycles. The number of carboxylic acid groups (broad SMARTS) is 1. The molecular formula is C17H20N2O5S. The molecule has 2 N–H and O–H groups in total. The van der Waals surface area contributed by atoms with Crippen LogP contribution in [0.1, 0.15) is 47.9 Å². The van der Waals surface area contributed by atoms with E-state index in [2.05, 4.69) is 9.97 Å². The summed E-state index contributed by atoms with van der Waals surface area (Å²) in [4.78, 5) is 19.0. The largest absolute Gasteiger partial charge is 0.476 e. The molecule has 0 radical (unpaired) electrons. The van der Waals surface area contributed by atoms with Gasteiger partial charge < -0.3 is 10.1 Å². The van der Waals surface area contributed by atoms with Gasteiger partial charge in [0.15, 0.2) is 5.69 Å². The first-order valence-electron chi connectivity index (χ1n) is 8.12. The van der Waals surface area contributed by atoms with Crippen LogP contribution >= 0.6 is 0 Å². The van der Waals surface area contributed by atoms with Gasteiger partial charge in [0.2, 0.25) is 0 Å². The monoisotopic (exact) mass is 364 g/mol. The Hall–Kier alpha value is -2.19. The van der Waals surface area contributed by atoms with E-state index in [-0.39, 0.29) is 11.6 Å². The molecule has 8 heteroatoms. The maximum Gasteiger partial charge on any atom is 0.356 e. The van der Waals surface area contributed by atoms with Crippen LogP contribution in [0.15, 0.2) is 30.3 Å². The first-order chi connectivity index (χ1) is 11.8. The highest BCUT2D eigenvalue weighted by Crippen LogP contribution is 2.36. The van der Waals surface area contributed by atoms with Crippen LogP contribution in [0, 0.1) is 0 Å². The topological polar surface area (TPSA) is 109 Å². The van der Waals surface area contributed by atoms with E-state index >= 15 is 0 Å². The van der Waals surface area contributed by atoms with Crippen molar-refractivity contribution in [3.63, 3.8) is 0 Å². The minimum absolute atomic E-state index is 0.0649. The molecule has 0 aliphatic heterocycles. The Kier molecular flexibility index (Phi) is 4.91. The maximum atomic E-state index is 11.6. The van der Waals surface area contributed by atoms with Crippen LogP contribution in [0.5, 0.6) is 0 Å². The molecule has 1 aromatic carbocycles. The van der Waals surface area contributed by atoms with Crippen LogP contribution in [-0.4, -0.2) is 41.8 Å². The molecule has 1 aromatic heterocycles. The second kappa shape index (κ2) is 6.97. The summed E-state index contributed by atoms with van der Waals surface area (Å²) < 4.78 is 28.3. The van der Waals surface area contributed by atoms with Gasteiger partial charge in [0.1, 0.15) is 5.82 Å². The van der Waals surface area contributed by atoms with E-state index < -0.39 is 22.2 Å². The Morgan fingerprint density at radius 1 is 1.24 bits per heavy atom. The lowest BCUT2D eigenvalue weighted by Crippen LogP contribution is -2.29. The van der Waals surface area contributed by atoms with Crippen LogP contribution in [-0.2, 0) is 14.3 Å². The molecule has 0 unspecified atom stereocenters. The fourth-order valence-electron chi connectivity index (χ4n) is 3.28. The summed E-state index contributed by atoms with van der Waals surface area (Å²) in [5.74, 6) is -0.943. The normalized spacial score (nSPS) is 21.2. The van der Waals surface area contributed by atoms with Crippen LogP contribution in [0.4, 0.5) is 0 Å². The third-order valence-corrected chi connectivity index (χ3v) is 4.94. The number of rotatable bonds is 5. The van der Waals surface area contributed by atoms with Crippen LogP contribution in [0.3, 0.4) is 0 Å². The Bertz CT molecular complexity index is 860. The van der Waals surface area contributed by atoms with Crippen molar-refractivity contribution in [3.05, 3.63) is 41.9 Å². The molecule has 134 valence electrons.